The number of nitrogens with one attached hydrogen (secondary N) is 1. The molecular weight excluding hydrogens is 306 g/mol. The zero-order valence-electron chi connectivity index (χ0n) is 11.9. The number of anilines is 1. The van der Waals surface area contributed by atoms with E-state index in [1.807, 2.05) is 12.1 Å². The molecule has 0 amide bonds. The highest BCUT2D eigenvalue weighted by molar-refractivity contribution is 7.92. The number of hydrogen-bond donors (Lipinski definition) is 1. The normalized spacial score (nSPS) is 11.3. The van der Waals surface area contributed by atoms with Gasteiger partial charge in [0.05, 0.1) is 10.6 Å². The van der Waals surface area contributed by atoms with Crippen LogP contribution >= 0.6 is 11.3 Å². The molecule has 4 nitrogen and oxygen atoms in total. The topological polar surface area (TPSA) is 63.2 Å². The first-order valence-electron chi connectivity index (χ1n) is 6.69. The van der Waals surface area contributed by atoms with Gasteiger partial charge in [0.15, 0.2) is 0 Å². The molecule has 0 aliphatic carbocycles. The third-order valence-electron chi connectivity index (χ3n) is 3.03. The molecule has 1 aromatic carbocycles. The second kappa shape index (κ2) is 6.41. The van der Waals surface area contributed by atoms with Gasteiger partial charge in [-0.3, -0.25) is 9.52 Å². The molecule has 0 radical (unpaired) electrons. The lowest BCUT2D eigenvalue weighted by atomic mass is 10.1. The standard InChI is InChI=1S/C15H17NO3S2/c1-3-13-9-10-14(20-13)15(17)11-5-7-12(8-6-11)16-21(18,19)4-2/h5-10,16H,3-4H2,1-2H3. The van der Waals surface area contributed by atoms with Crippen LogP contribution in [0.2, 0.25) is 0 Å². The number of carbonyl (C=O) groups excluding carboxylic acids is 1. The Morgan fingerprint density at radius 2 is 1.76 bits per heavy atom. The molecule has 0 saturated heterocycles. The second-order valence-electron chi connectivity index (χ2n) is 4.53. The maximum Gasteiger partial charge on any atom is 0.232 e. The number of aryl methyl sites for hydroxylation is 1. The Hall–Kier alpha value is -1.66. The van der Waals surface area contributed by atoms with Gasteiger partial charge >= 0.3 is 0 Å². The summed E-state index contributed by atoms with van der Waals surface area (Å²) in [5.74, 6) is -0.0209. The van der Waals surface area contributed by atoms with Crippen molar-refractivity contribution in [3.05, 3.63) is 51.7 Å². The van der Waals surface area contributed by atoms with Crippen LogP contribution in [0.4, 0.5) is 5.69 Å². The van der Waals surface area contributed by atoms with E-state index in [0.29, 0.717) is 16.1 Å². The van der Waals surface area contributed by atoms with E-state index in [1.165, 1.54) is 16.2 Å². The van der Waals surface area contributed by atoms with E-state index >= 15 is 0 Å². The highest BCUT2D eigenvalue weighted by Gasteiger charge is 2.12. The zero-order valence-corrected chi connectivity index (χ0v) is 13.6. The molecule has 0 bridgehead atoms. The van der Waals surface area contributed by atoms with Crippen molar-refractivity contribution in [2.45, 2.75) is 20.3 Å². The Kier molecular flexibility index (Phi) is 4.80. The van der Waals surface area contributed by atoms with E-state index in [-0.39, 0.29) is 11.5 Å². The summed E-state index contributed by atoms with van der Waals surface area (Å²) in [5, 5.41) is 0. The highest BCUT2D eigenvalue weighted by Crippen LogP contribution is 2.21. The molecule has 0 fully saturated rings. The molecule has 0 saturated carbocycles. The van der Waals surface area contributed by atoms with Crippen molar-refractivity contribution < 1.29 is 13.2 Å². The lowest BCUT2D eigenvalue weighted by Gasteiger charge is -2.06. The molecule has 6 heteroatoms. The predicted molar refractivity (Wildman–Crippen MR) is 86.7 cm³/mol. The fraction of sp³-hybridized carbons (Fsp3) is 0.267. The summed E-state index contributed by atoms with van der Waals surface area (Å²) in [5.41, 5.74) is 1.02. The van der Waals surface area contributed by atoms with Gasteiger partial charge in [0.2, 0.25) is 15.8 Å². The van der Waals surface area contributed by atoms with Gasteiger partial charge in [0.1, 0.15) is 0 Å². The molecule has 1 aromatic heterocycles. The van der Waals surface area contributed by atoms with Crippen LogP contribution in [0.25, 0.3) is 0 Å². The van der Waals surface area contributed by atoms with Crippen LogP contribution in [0.5, 0.6) is 0 Å². The molecule has 1 heterocycles. The van der Waals surface area contributed by atoms with Crippen molar-refractivity contribution in [1.29, 1.82) is 0 Å². The SMILES string of the molecule is CCc1ccc(C(=O)c2ccc(NS(=O)(=O)CC)cc2)s1. The van der Waals surface area contributed by atoms with E-state index in [9.17, 15) is 13.2 Å². The number of sulfonamides is 1. The Morgan fingerprint density at radius 1 is 1.10 bits per heavy atom. The van der Waals surface area contributed by atoms with Gasteiger partial charge in [-0.05, 0) is 49.7 Å². The average Bonchev–Trinajstić information content (AvgIpc) is 2.96. The monoisotopic (exact) mass is 323 g/mol. The molecule has 0 aliphatic heterocycles. The van der Waals surface area contributed by atoms with Crippen LogP contribution in [-0.2, 0) is 16.4 Å². The Morgan fingerprint density at radius 3 is 2.29 bits per heavy atom. The van der Waals surface area contributed by atoms with Crippen molar-refractivity contribution in [2.75, 3.05) is 10.5 Å². The molecule has 21 heavy (non-hydrogen) atoms. The van der Waals surface area contributed by atoms with Gasteiger partial charge in [-0.15, -0.1) is 11.3 Å². The van der Waals surface area contributed by atoms with Crippen molar-refractivity contribution in [2.24, 2.45) is 0 Å². The van der Waals surface area contributed by atoms with E-state index in [4.69, 9.17) is 0 Å². The summed E-state index contributed by atoms with van der Waals surface area (Å²) in [6.07, 6.45) is 0.912. The molecule has 2 aromatic rings. The molecule has 0 atom stereocenters. The summed E-state index contributed by atoms with van der Waals surface area (Å²) >= 11 is 1.49. The highest BCUT2D eigenvalue weighted by atomic mass is 32.2. The lowest BCUT2D eigenvalue weighted by Crippen LogP contribution is -2.14. The van der Waals surface area contributed by atoms with Crippen molar-refractivity contribution in [3.63, 3.8) is 0 Å². The number of ketones is 1. The maximum absolute atomic E-state index is 12.3. The summed E-state index contributed by atoms with van der Waals surface area (Å²) in [6, 6.07) is 10.3. The van der Waals surface area contributed by atoms with Gasteiger partial charge in [-0.25, -0.2) is 8.42 Å². The minimum absolute atomic E-state index is 0.0165. The Balaban J connectivity index is 2.17. The number of thiophene rings is 1. The van der Waals surface area contributed by atoms with Gasteiger partial charge in [-0.2, -0.15) is 0 Å². The first-order chi connectivity index (χ1) is 9.95. The minimum Gasteiger partial charge on any atom is -0.288 e. The average molecular weight is 323 g/mol. The second-order valence-corrected chi connectivity index (χ2v) is 7.71. The summed E-state index contributed by atoms with van der Waals surface area (Å²) in [6.45, 7) is 3.62. The van der Waals surface area contributed by atoms with Crippen LogP contribution < -0.4 is 4.72 Å². The molecule has 0 spiro atoms. The Labute approximate surface area is 128 Å². The first kappa shape index (κ1) is 15.7. The van der Waals surface area contributed by atoms with Crippen LogP contribution in [0, 0.1) is 0 Å². The molecule has 1 N–H and O–H groups in total. The van der Waals surface area contributed by atoms with Crippen molar-refractivity contribution >= 4 is 32.8 Å². The van der Waals surface area contributed by atoms with Gasteiger partial charge in [0, 0.05) is 16.1 Å². The lowest BCUT2D eigenvalue weighted by molar-refractivity contribution is 0.104. The Bertz CT molecular complexity index is 731. The van der Waals surface area contributed by atoms with Gasteiger partial charge in [0.25, 0.3) is 0 Å². The van der Waals surface area contributed by atoms with E-state index in [0.717, 1.165) is 6.42 Å². The van der Waals surface area contributed by atoms with Crippen molar-refractivity contribution in [1.82, 2.24) is 0 Å². The molecule has 112 valence electrons. The maximum atomic E-state index is 12.3. The van der Waals surface area contributed by atoms with Gasteiger partial charge < -0.3 is 0 Å². The smallest absolute Gasteiger partial charge is 0.232 e. The summed E-state index contributed by atoms with van der Waals surface area (Å²) < 4.78 is 25.4. The van der Waals surface area contributed by atoms with E-state index < -0.39 is 10.0 Å². The predicted octanol–water partition coefficient (Wildman–Crippen LogP) is 3.30. The minimum atomic E-state index is -3.29. The summed E-state index contributed by atoms with van der Waals surface area (Å²) in [4.78, 5) is 14.2. The van der Waals surface area contributed by atoms with Crippen LogP contribution in [0.15, 0.2) is 36.4 Å². The number of benzene rings is 1. The van der Waals surface area contributed by atoms with Gasteiger partial charge in [-0.1, -0.05) is 6.92 Å². The number of hydrogen-bond acceptors (Lipinski definition) is 4. The third kappa shape index (κ3) is 3.92. The molecular formula is C15H17NO3S2. The van der Waals surface area contributed by atoms with Crippen molar-refractivity contribution in [3.8, 4) is 0 Å². The third-order valence-corrected chi connectivity index (χ3v) is 5.57. The van der Waals surface area contributed by atoms with E-state index in [2.05, 4.69) is 11.6 Å². The first-order valence-corrected chi connectivity index (χ1v) is 9.16. The molecule has 0 unspecified atom stereocenters. The van der Waals surface area contributed by atoms with Crippen LogP contribution in [-0.4, -0.2) is 20.0 Å². The number of carbonyl (C=O) groups is 1. The fourth-order valence-corrected chi connectivity index (χ4v) is 3.32. The van der Waals surface area contributed by atoms with Crippen LogP contribution in [0.1, 0.15) is 34.0 Å². The fourth-order valence-electron chi connectivity index (χ4n) is 1.77. The molecule has 2 rings (SSSR count). The largest absolute Gasteiger partial charge is 0.288 e. The quantitative estimate of drug-likeness (QED) is 0.830. The van der Waals surface area contributed by atoms with Crippen LogP contribution in [0.3, 0.4) is 0 Å². The molecule has 0 aliphatic rings. The zero-order chi connectivity index (χ0) is 15.5. The number of rotatable bonds is 6. The summed E-state index contributed by atoms with van der Waals surface area (Å²) in [7, 11) is -3.29. The van der Waals surface area contributed by atoms with E-state index in [1.54, 1.807) is 31.2 Å².